The average Bonchev–Trinajstić information content (AvgIpc) is 2.61. The summed E-state index contributed by atoms with van der Waals surface area (Å²) in [5, 5.41) is 6.18. The van der Waals surface area contributed by atoms with Gasteiger partial charge in [0.15, 0.2) is 0 Å². The Balaban J connectivity index is 1.83. The van der Waals surface area contributed by atoms with Gasteiger partial charge in [0.1, 0.15) is 12.4 Å². The normalized spacial score (nSPS) is 21.7. The molecular weight excluding hydrogens is 342 g/mol. The highest BCUT2D eigenvalue weighted by atomic mass is 16.5. The highest BCUT2D eigenvalue weighted by Gasteiger charge is 2.45. The maximum atomic E-state index is 13.2. The number of nitrogens with zero attached hydrogens (tertiary/aromatic N) is 1. The molecule has 1 saturated heterocycles. The number of fused-ring (bicyclic) bond motifs is 1. The summed E-state index contributed by atoms with van der Waals surface area (Å²) in [5.41, 5.74) is 0.140. The lowest BCUT2D eigenvalue weighted by atomic mass is 9.77. The Kier molecular flexibility index (Phi) is 6.16. The summed E-state index contributed by atoms with van der Waals surface area (Å²) in [6, 6.07) is 7.24. The van der Waals surface area contributed by atoms with E-state index < -0.39 is 0 Å². The molecule has 6 heteroatoms. The van der Waals surface area contributed by atoms with Crippen molar-refractivity contribution in [1.29, 1.82) is 0 Å². The van der Waals surface area contributed by atoms with E-state index in [1.54, 1.807) is 12.1 Å². The van der Waals surface area contributed by atoms with Crippen LogP contribution in [0.4, 0.5) is 0 Å². The molecule has 2 aliphatic heterocycles. The molecule has 1 spiro atoms. The van der Waals surface area contributed by atoms with Crippen LogP contribution in [0.15, 0.2) is 36.4 Å². The van der Waals surface area contributed by atoms with Gasteiger partial charge in [-0.2, -0.15) is 0 Å². The smallest absolute Gasteiger partial charge is 0.255 e. The fourth-order valence-corrected chi connectivity index (χ4v) is 3.56. The van der Waals surface area contributed by atoms with Gasteiger partial charge in [0.25, 0.3) is 5.91 Å². The van der Waals surface area contributed by atoms with Crippen molar-refractivity contribution >= 4 is 11.8 Å². The number of amides is 2. The molecule has 2 N–H and O–H groups in total. The number of para-hydroxylation sites is 1. The Morgan fingerprint density at radius 2 is 1.96 bits per heavy atom. The van der Waals surface area contributed by atoms with Crippen molar-refractivity contribution in [1.82, 2.24) is 15.5 Å². The van der Waals surface area contributed by atoms with E-state index in [1.165, 1.54) is 0 Å². The second-order valence-corrected chi connectivity index (χ2v) is 7.77. The number of allylic oxidation sites excluding steroid dienone is 1. The zero-order chi connectivity index (χ0) is 19.3. The van der Waals surface area contributed by atoms with Gasteiger partial charge in [-0.3, -0.25) is 9.59 Å². The zero-order valence-corrected chi connectivity index (χ0v) is 16.2. The molecule has 0 aliphatic carbocycles. The highest BCUT2D eigenvalue weighted by molar-refractivity contribution is 5.97. The van der Waals surface area contributed by atoms with Crippen molar-refractivity contribution < 1.29 is 14.3 Å². The summed E-state index contributed by atoms with van der Waals surface area (Å²) in [6.45, 7) is 7.61. The summed E-state index contributed by atoms with van der Waals surface area (Å²) >= 11 is 0. The van der Waals surface area contributed by atoms with E-state index in [4.69, 9.17) is 4.74 Å². The van der Waals surface area contributed by atoms with Crippen LogP contribution in [0.25, 0.3) is 0 Å². The van der Waals surface area contributed by atoms with Crippen LogP contribution < -0.4 is 15.4 Å². The first-order chi connectivity index (χ1) is 13.0. The summed E-state index contributed by atoms with van der Waals surface area (Å²) in [7, 11) is 0. The number of hydrogen-bond donors (Lipinski definition) is 2. The second-order valence-electron chi connectivity index (χ2n) is 7.77. The first-order valence-corrected chi connectivity index (χ1v) is 9.67. The lowest BCUT2D eigenvalue weighted by Crippen LogP contribution is -2.62. The third-order valence-corrected chi connectivity index (χ3v) is 5.06. The maximum absolute atomic E-state index is 13.2. The van der Waals surface area contributed by atoms with E-state index >= 15 is 0 Å². The number of nitrogens with one attached hydrogen (secondary N) is 2. The average molecular weight is 371 g/mol. The number of benzene rings is 1. The molecule has 146 valence electrons. The first-order valence-electron chi connectivity index (χ1n) is 9.67. The van der Waals surface area contributed by atoms with E-state index in [0.717, 1.165) is 0 Å². The van der Waals surface area contributed by atoms with Crippen molar-refractivity contribution in [3.8, 4) is 5.75 Å². The number of hydrogen-bond acceptors (Lipinski definition) is 4. The van der Waals surface area contributed by atoms with Crippen molar-refractivity contribution in [3.63, 3.8) is 0 Å². The van der Waals surface area contributed by atoms with Gasteiger partial charge in [-0.15, -0.1) is 0 Å². The Bertz CT molecular complexity index is 710. The van der Waals surface area contributed by atoms with Crippen molar-refractivity contribution in [3.05, 3.63) is 42.0 Å². The number of rotatable bonds is 2. The molecule has 0 aromatic heterocycles. The van der Waals surface area contributed by atoms with Crippen molar-refractivity contribution in [2.45, 2.75) is 20.3 Å². The summed E-state index contributed by atoms with van der Waals surface area (Å²) in [4.78, 5) is 27.7. The summed E-state index contributed by atoms with van der Waals surface area (Å²) in [6.07, 6.45) is 4.66. The van der Waals surface area contributed by atoms with E-state index in [2.05, 4.69) is 24.5 Å². The van der Waals surface area contributed by atoms with Gasteiger partial charge >= 0.3 is 0 Å². The summed E-state index contributed by atoms with van der Waals surface area (Å²) in [5.74, 6) is 0.945. The number of carbonyl (C=O) groups is 2. The Morgan fingerprint density at radius 3 is 2.67 bits per heavy atom. The van der Waals surface area contributed by atoms with Crippen molar-refractivity contribution in [2.24, 2.45) is 11.3 Å². The number of ether oxygens (including phenoxy) is 1. The highest BCUT2D eigenvalue weighted by Crippen LogP contribution is 2.31. The molecule has 0 bridgehead atoms. The second kappa shape index (κ2) is 8.57. The van der Waals surface area contributed by atoms with E-state index in [1.807, 2.05) is 29.2 Å². The van der Waals surface area contributed by atoms with Gasteiger partial charge in [-0.05, 0) is 24.5 Å². The minimum absolute atomic E-state index is 0.173. The molecule has 1 fully saturated rings. The molecule has 0 radical (unpaired) electrons. The third kappa shape index (κ3) is 4.50. The van der Waals surface area contributed by atoms with E-state index in [9.17, 15) is 9.59 Å². The first kappa shape index (κ1) is 19.4. The minimum Gasteiger partial charge on any atom is -0.489 e. The zero-order valence-electron chi connectivity index (χ0n) is 16.2. The van der Waals surface area contributed by atoms with E-state index in [0.29, 0.717) is 63.0 Å². The van der Waals surface area contributed by atoms with Crippen LogP contribution in [0, 0.1) is 11.3 Å². The largest absolute Gasteiger partial charge is 0.489 e. The van der Waals surface area contributed by atoms with Crippen molar-refractivity contribution in [2.75, 3.05) is 39.3 Å². The molecule has 3 rings (SSSR count). The lowest BCUT2D eigenvalue weighted by molar-refractivity contribution is -0.145. The fourth-order valence-electron chi connectivity index (χ4n) is 3.56. The predicted molar refractivity (Wildman–Crippen MR) is 105 cm³/mol. The third-order valence-electron chi connectivity index (χ3n) is 5.06. The monoisotopic (exact) mass is 371 g/mol. The number of carbonyl (C=O) groups excluding carboxylic acids is 2. The topological polar surface area (TPSA) is 70.7 Å². The molecule has 0 atom stereocenters. The minimum atomic E-state index is -0.378. The van der Waals surface area contributed by atoms with Crippen LogP contribution in [0.2, 0.25) is 0 Å². The standard InChI is InChI=1S/C21H29N3O3/c1-16(2)13-24-11-10-23-19(25)17-7-3-4-8-18(17)27-12-6-5-9-21(20(24)26)14-22-15-21/h3-8,16,22H,9-15H2,1-2H3,(H,23,25)/b6-5+. The van der Waals surface area contributed by atoms with Crippen LogP contribution >= 0.6 is 0 Å². The quantitative estimate of drug-likeness (QED) is 0.778. The molecule has 27 heavy (non-hydrogen) atoms. The van der Waals surface area contributed by atoms with Crippen LogP contribution in [-0.2, 0) is 4.79 Å². The molecule has 2 aliphatic rings. The van der Waals surface area contributed by atoms with E-state index in [-0.39, 0.29) is 17.2 Å². The fraction of sp³-hybridized carbons (Fsp3) is 0.524. The maximum Gasteiger partial charge on any atom is 0.255 e. The predicted octanol–water partition coefficient (Wildman–Crippen LogP) is 1.83. The Labute approximate surface area is 161 Å². The van der Waals surface area contributed by atoms with Gasteiger partial charge < -0.3 is 20.3 Å². The van der Waals surface area contributed by atoms with Gasteiger partial charge in [-0.1, -0.05) is 38.1 Å². The lowest BCUT2D eigenvalue weighted by Gasteiger charge is -2.44. The molecule has 0 saturated carbocycles. The molecule has 6 nitrogen and oxygen atoms in total. The molecule has 0 unspecified atom stereocenters. The van der Waals surface area contributed by atoms with Crippen LogP contribution in [0.1, 0.15) is 30.6 Å². The van der Waals surface area contributed by atoms with Gasteiger partial charge in [-0.25, -0.2) is 0 Å². The van der Waals surface area contributed by atoms with Crippen LogP contribution in [0.5, 0.6) is 5.75 Å². The molecule has 2 amide bonds. The van der Waals surface area contributed by atoms with Gasteiger partial charge in [0.05, 0.1) is 11.0 Å². The summed E-state index contributed by atoms with van der Waals surface area (Å²) < 4.78 is 5.76. The molecule has 1 aromatic carbocycles. The van der Waals surface area contributed by atoms with Gasteiger partial charge in [0.2, 0.25) is 5.91 Å². The Hall–Kier alpha value is -2.34. The van der Waals surface area contributed by atoms with Gasteiger partial charge in [0, 0.05) is 32.7 Å². The van der Waals surface area contributed by atoms with Crippen LogP contribution in [0.3, 0.4) is 0 Å². The molecule has 1 aromatic rings. The Morgan fingerprint density at radius 1 is 1.19 bits per heavy atom. The SMILES string of the molecule is CC(C)CN1CCNC(=O)c2ccccc2OC/C=C/CC2(CNC2)C1=O. The molecule has 2 heterocycles. The van der Waals surface area contributed by atoms with Crippen LogP contribution in [-0.4, -0.2) is 56.0 Å². The molecular formula is C21H29N3O3.